The lowest BCUT2D eigenvalue weighted by Gasteiger charge is -2.57. The first-order chi connectivity index (χ1) is 15.1. The molecule has 0 unspecified atom stereocenters. The Balaban J connectivity index is 1.44. The topological polar surface area (TPSA) is 41.8 Å². The number of aryl methyl sites for hydroxylation is 1. The van der Waals surface area contributed by atoms with E-state index < -0.39 is 0 Å². The first kappa shape index (κ1) is 19.9. The number of rotatable bonds is 6. The van der Waals surface area contributed by atoms with Gasteiger partial charge in [-0.05, 0) is 128 Å². The molecule has 1 aromatic heterocycles. The largest absolute Gasteiger partial charge is 0.354 e. The van der Waals surface area contributed by atoms with E-state index in [-0.39, 0.29) is 0 Å². The summed E-state index contributed by atoms with van der Waals surface area (Å²) in [4.78, 5) is 3.75. The van der Waals surface area contributed by atoms with Gasteiger partial charge in [0.2, 0.25) is 0 Å². The molecule has 162 valence electrons. The van der Waals surface area contributed by atoms with Crippen LogP contribution in [0.25, 0.3) is 22.2 Å². The molecule has 1 heterocycles. The molecule has 4 bridgehead atoms. The average molecular weight is 433 g/mol. The molecule has 2 nitrogen and oxygen atoms in total. The third kappa shape index (κ3) is 3.43. The van der Waals surface area contributed by atoms with Crippen molar-refractivity contribution < 1.29 is 0 Å². The summed E-state index contributed by atoms with van der Waals surface area (Å²) in [5.74, 6) is 2.92. The fourth-order valence-corrected chi connectivity index (χ4v) is 7.74. The molecule has 0 aliphatic heterocycles. The highest BCUT2D eigenvalue weighted by molar-refractivity contribution is 6.30. The van der Waals surface area contributed by atoms with Crippen LogP contribution in [0.5, 0.6) is 0 Å². The van der Waals surface area contributed by atoms with Crippen LogP contribution in [0.3, 0.4) is 0 Å². The lowest BCUT2D eigenvalue weighted by atomic mass is 9.48. The molecular weight excluding hydrogens is 400 g/mol. The molecule has 4 fully saturated rings. The molecule has 4 aliphatic carbocycles. The molecule has 31 heavy (non-hydrogen) atoms. The highest BCUT2D eigenvalue weighted by Crippen LogP contribution is 2.61. The minimum Gasteiger partial charge on any atom is -0.354 e. The van der Waals surface area contributed by atoms with Crippen LogP contribution in [0.4, 0.5) is 0 Å². The van der Waals surface area contributed by atoms with Crippen molar-refractivity contribution in [3.8, 4) is 11.3 Å². The minimum absolute atomic E-state index is 0.440. The van der Waals surface area contributed by atoms with Gasteiger partial charge in [-0.1, -0.05) is 29.8 Å². The van der Waals surface area contributed by atoms with Gasteiger partial charge in [0.05, 0.1) is 0 Å². The summed E-state index contributed by atoms with van der Waals surface area (Å²) in [7, 11) is 0. The van der Waals surface area contributed by atoms with Crippen molar-refractivity contribution in [2.45, 2.75) is 63.2 Å². The van der Waals surface area contributed by atoms with Crippen molar-refractivity contribution in [1.82, 2.24) is 4.98 Å². The predicted molar refractivity (Wildman–Crippen MR) is 131 cm³/mol. The third-order valence-corrected chi connectivity index (χ3v) is 8.82. The Morgan fingerprint density at radius 2 is 1.58 bits per heavy atom. The van der Waals surface area contributed by atoms with E-state index in [2.05, 4.69) is 35.3 Å². The number of aromatic amines is 1. The van der Waals surface area contributed by atoms with Gasteiger partial charge in [0.15, 0.2) is 0 Å². The van der Waals surface area contributed by atoms with Gasteiger partial charge in [0.1, 0.15) is 0 Å². The van der Waals surface area contributed by atoms with Crippen LogP contribution in [0.15, 0.2) is 42.5 Å². The molecule has 3 N–H and O–H groups in total. The van der Waals surface area contributed by atoms with Gasteiger partial charge in [0.25, 0.3) is 0 Å². The number of nitrogens with two attached hydrogens (primary N) is 1. The molecule has 7 rings (SSSR count). The number of hydrogen-bond donors (Lipinski definition) is 2. The molecule has 0 radical (unpaired) electrons. The summed E-state index contributed by atoms with van der Waals surface area (Å²) in [6.07, 6.45) is 12.0. The molecule has 2 aromatic carbocycles. The fraction of sp³-hybridized carbons (Fsp3) is 0.500. The molecule has 0 saturated heterocycles. The lowest BCUT2D eigenvalue weighted by Crippen LogP contribution is -2.48. The second kappa shape index (κ2) is 7.67. The number of halogens is 1. The minimum atomic E-state index is 0.440. The number of fused-ring (bicyclic) bond motifs is 1. The van der Waals surface area contributed by atoms with Crippen LogP contribution in [0.1, 0.15) is 62.5 Å². The Morgan fingerprint density at radius 1 is 0.903 bits per heavy atom. The monoisotopic (exact) mass is 432 g/mol. The van der Waals surface area contributed by atoms with Gasteiger partial charge in [-0.2, -0.15) is 0 Å². The fourth-order valence-electron chi connectivity index (χ4n) is 7.61. The van der Waals surface area contributed by atoms with E-state index in [0.717, 1.165) is 48.6 Å². The zero-order chi connectivity index (χ0) is 21.0. The summed E-state index contributed by atoms with van der Waals surface area (Å²) >= 11 is 6.17. The van der Waals surface area contributed by atoms with Crippen LogP contribution in [0.2, 0.25) is 5.02 Å². The van der Waals surface area contributed by atoms with Crippen LogP contribution in [-0.2, 0) is 11.8 Å². The van der Waals surface area contributed by atoms with E-state index >= 15 is 0 Å². The van der Waals surface area contributed by atoms with E-state index in [0.29, 0.717) is 5.41 Å². The van der Waals surface area contributed by atoms with Crippen LogP contribution < -0.4 is 5.73 Å². The number of aromatic nitrogens is 1. The number of unbranched alkanes of at least 4 members (excludes halogenated alkanes) is 1. The van der Waals surface area contributed by atoms with E-state index in [1.54, 1.807) is 5.56 Å². The van der Waals surface area contributed by atoms with Crippen molar-refractivity contribution in [3.05, 3.63) is 58.6 Å². The van der Waals surface area contributed by atoms with Crippen molar-refractivity contribution in [2.24, 2.45) is 23.5 Å². The second-order valence-electron chi connectivity index (χ2n) is 10.7. The Bertz CT molecular complexity index is 1060. The van der Waals surface area contributed by atoms with E-state index in [1.807, 2.05) is 12.1 Å². The van der Waals surface area contributed by atoms with Crippen molar-refractivity contribution >= 4 is 22.5 Å². The maximum atomic E-state index is 6.17. The number of hydrogen-bond acceptors (Lipinski definition) is 1. The van der Waals surface area contributed by atoms with E-state index in [1.165, 1.54) is 66.2 Å². The molecule has 4 aliphatic rings. The van der Waals surface area contributed by atoms with Crippen LogP contribution >= 0.6 is 11.6 Å². The van der Waals surface area contributed by atoms with Gasteiger partial charge in [0, 0.05) is 21.6 Å². The van der Waals surface area contributed by atoms with E-state index in [9.17, 15) is 0 Å². The van der Waals surface area contributed by atoms with Gasteiger partial charge >= 0.3 is 0 Å². The van der Waals surface area contributed by atoms with Gasteiger partial charge in [-0.15, -0.1) is 0 Å². The summed E-state index contributed by atoms with van der Waals surface area (Å²) < 4.78 is 0. The van der Waals surface area contributed by atoms with Gasteiger partial charge in [-0.3, -0.25) is 0 Å². The standard InChI is InChI=1S/C28H33ClN2/c29-23-7-4-21(5-8-23)27-24(3-1-2-10-30)25-14-22(6-9-26(25)31-27)28-15-18-11-19(16-28)13-20(12-18)17-28/h4-9,14,18-20,31H,1-3,10-13,15-17,30H2. The molecule has 0 atom stereocenters. The first-order valence-electron chi connectivity index (χ1n) is 12.2. The lowest BCUT2D eigenvalue weighted by molar-refractivity contribution is -0.00513. The SMILES string of the molecule is NCCCCc1c(-c2ccc(Cl)cc2)[nH]c2ccc(C34CC5CC(CC(C5)C3)C4)cc12. The Labute approximate surface area is 190 Å². The Hall–Kier alpha value is -1.77. The van der Waals surface area contributed by atoms with Gasteiger partial charge < -0.3 is 10.7 Å². The maximum Gasteiger partial charge on any atom is 0.0497 e. The predicted octanol–water partition coefficient (Wildman–Crippen LogP) is 7.24. The molecule has 0 amide bonds. The molecule has 4 saturated carbocycles. The highest BCUT2D eigenvalue weighted by atomic mass is 35.5. The molecule has 0 spiro atoms. The van der Waals surface area contributed by atoms with Crippen molar-refractivity contribution in [2.75, 3.05) is 6.54 Å². The summed E-state index contributed by atoms with van der Waals surface area (Å²) in [6.45, 7) is 0.761. The number of benzene rings is 2. The number of nitrogens with one attached hydrogen (secondary N) is 1. The van der Waals surface area contributed by atoms with Crippen LogP contribution in [0, 0.1) is 17.8 Å². The smallest absolute Gasteiger partial charge is 0.0497 e. The molecule has 3 aromatic rings. The molecule has 3 heteroatoms. The Morgan fingerprint density at radius 3 is 2.23 bits per heavy atom. The van der Waals surface area contributed by atoms with Crippen molar-refractivity contribution in [1.29, 1.82) is 0 Å². The second-order valence-corrected chi connectivity index (χ2v) is 11.1. The van der Waals surface area contributed by atoms with Crippen LogP contribution in [-0.4, -0.2) is 11.5 Å². The quantitative estimate of drug-likeness (QED) is 0.396. The highest BCUT2D eigenvalue weighted by Gasteiger charge is 2.51. The van der Waals surface area contributed by atoms with Gasteiger partial charge in [-0.25, -0.2) is 0 Å². The normalized spacial score (nSPS) is 29.2. The molecular formula is C28H33ClN2. The Kier molecular flexibility index (Phi) is 4.92. The van der Waals surface area contributed by atoms with Crippen molar-refractivity contribution in [3.63, 3.8) is 0 Å². The number of H-pyrrole nitrogens is 1. The van der Waals surface area contributed by atoms with E-state index in [4.69, 9.17) is 17.3 Å². The summed E-state index contributed by atoms with van der Waals surface area (Å²) in [5, 5.41) is 2.21. The zero-order valence-corrected chi connectivity index (χ0v) is 19.1. The third-order valence-electron chi connectivity index (χ3n) is 8.57. The summed E-state index contributed by atoms with van der Waals surface area (Å²) in [6, 6.07) is 15.6. The zero-order valence-electron chi connectivity index (χ0n) is 18.3. The average Bonchev–Trinajstić information content (AvgIpc) is 3.11. The summed E-state index contributed by atoms with van der Waals surface area (Å²) in [5.41, 5.74) is 13.1. The maximum absolute atomic E-state index is 6.17. The first-order valence-corrected chi connectivity index (χ1v) is 12.6.